The van der Waals surface area contributed by atoms with E-state index in [2.05, 4.69) is 20.8 Å². The number of nitrogens with zero attached hydrogens (tertiary/aromatic N) is 4. The summed E-state index contributed by atoms with van der Waals surface area (Å²) in [6.45, 7) is 0.987. The summed E-state index contributed by atoms with van der Waals surface area (Å²) >= 11 is 0. The number of amides is 1. The molecule has 1 aromatic heterocycles. The van der Waals surface area contributed by atoms with Crippen LogP contribution >= 0.6 is 0 Å². The molecule has 0 bridgehead atoms. The zero-order valence-corrected chi connectivity index (χ0v) is 15.7. The van der Waals surface area contributed by atoms with Crippen molar-refractivity contribution in [3.8, 4) is 0 Å². The van der Waals surface area contributed by atoms with E-state index < -0.39 is 18.6 Å². The Morgan fingerprint density at radius 2 is 1.79 bits per heavy atom. The number of aromatic nitrogens is 4. The highest BCUT2D eigenvalue weighted by Crippen LogP contribution is 2.16. The number of ether oxygens (including phenoxy) is 1. The van der Waals surface area contributed by atoms with Crippen LogP contribution in [0.1, 0.15) is 28.9 Å². The maximum atomic E-state index is 12.6. The maximum Gasteiger partial charge on any atom is 0.331 e. The van der Waals surface area contributed by atoms with Crippen LogP contribution in [0.5, 0.6) is 0 Å². The molecule has 0 aliphatic carbocycles. The fraction of sp³-hybridized carbons (Fsp3) is 0.200. The lowest BCUT2D eigenvalue weighted by Crippen LogP contribution is -2.26. The Morgan fingerprint density at radius 3 is 2.41 bits per heavy atom. The minimum atomic E-state index is -0.789. The van der Waals surface area contributed by atoms with E-state index in [-0.39, 0.29) is 11.7 Å². The molecule has 2 aromatic carbocycles. The lowest BCUT2D eigenvalue weighted by Gasteiger charge is -2.15. The zero-order valence-electron chi connectivity index (χ0n) is 15.7. The molecule has 0 spiro atoms. The molecule has 0 fully saturated rings. The smallest absolute Gasteiger partial charge is 0.331 e. The molecular weight excluding hydrogens is 374 g/mol. The first-order chi connectivity index (χ1) is 14.0. The predicted molar refractivity (Wildman–Crippen MR) is 103 cm³/mol. The number of Topliss-reactive ketones (excluding diaryl/α,β-unsaturated/α-hetero) is 1. The molecule has 3 rings (SSSR count). The summed E-state index contributed by atoms with van der Waals surface area (Å²) in [5.74, 6) is -1.17. The molecule has 9 heteroatoms. The SMILES string of the molecule is CC(=O)Nc1ccc(C(=O)COC(=O)[C@H](Cc2ccccc2)n2cnnn2)cc1. The third-order valence-electron chi connectivity index (χ3n) is 4.10. The van der Waals surface area contributed by atoms with E-state index in [0.717, 1.165) is 5.56 Å². The van der Waals surface area contributed by atoms with Crippen molar-refractivity contribution in [2.45, 2.75) is 19.4 Å². The van der Waals surface area contributed by atoms with Crippen molar-refractivity contribution < 1.29 is 19.1 Å². The standard InChI is InChI=1S/C20H19N5O4/c1-14(26)22-17-9-7-16(8-10-17)19(27)12-29-20(28)18(25-13-21-23-24-25)11-15-5-3-2-4-6-15/h2-10,13,18H,11-12H2,1H3,(H,22,26)/t18-/m0/s1. The first kappa shape index (κ1) is 19.9. The number of ketones is 1. The van der Waals surface area contributed by atoms with E-state index in [1.807, 2.05) is 30.3 Å². The summed E-state index contributed by atoms with van der Waals surface area (Å²) in [4.78, 5) is 36.0. The van der Waals surface area contributed by atoms with Crippen molar-refractivity contribution in [1.82, 2.24) is 20.2 Å². The fourth-order valence-corrected chi connectivity index (χ4v) is 2.69. The summed E-state index contributed by atoms with van der Waals surface area (Å²) in [5, 5.41) is 13.5. The Labute approximate surface area is 166 Å². The number of carbonyl (C=O) groups excluding carboxylic acids is 3. The highest BCUT2D eigenvalue weighted by molar-refractivity contribution is 5.98. The van der Waals surface area contributed by atoms with Gasteiger partial charge in [0, 0.05) is 24.6 Å². The Kier molecular flexibility index (Phi) is 6.41. The molecular formula is C20H19N5O4. The number of anilines is 1. The molecule has 9 nitrogen and oxygen atoms in total. The lowest BCUT2D eigenvalue weighted by molar-refractivity contribution is -0.146. The predicted octanol–water partition coefficient (Wildman–Crippen LogP) is 1.84. The van der Waals surface area contributed by atoms with Crippen molar-refractivity contribution in [1.29, 1.82) is 0 Å². The van der Waals surface area contributed by atoms with Gasteiger partial charge in [0.25, 0.3) is 0 Å². The number of hydrogen-bond acceptors (Lipinski definition) is 7. The number of carbonyl (C=O) groups is 3. The maximum absolute atomic E-state index is 12.6. The highest BCUT2D eigenvalue weighted by Gasteiger charge is 2.25. The second kappa shape index (κ2) is 9.36. The van der Waals surface area contributed by atoms with Crippen LogP contribution in [0.15, 0.2) is 60.9 Å². The van der Waals surface area contributed by atoms with Gasteiger partial charge in [0.2, 0.25) is 5.91 Å². The van der Waals surface area contributed by atoms with Crippen molar-refractivity contribution in [2.24, 2.45) is 0 Å². The van der Waals surface area contributed by atoms with Gasteiger partial charge in [-0.25, -0.2) is 9.48 Å². The lowest BCUT2D eigenvalue weighted by atomic mass is 10.1. The summed E-state index contributed by atoms with van der Waals surface area (Å²) in [7, 11) is 0. The topological polar surface area (TPSA) is 116 Å². The van der Waals surface area contributed by atoms with Gasteiger partial charge in [0.15, 0.2) is 18.4 Å². The second-order valence-corrected chi connectivity index (χ2v) is 6.28. The first-order valence-corrected chi connectivity index (χ1v) is 8.87. The molecule has 29 heavy (non-hydrogen) atoms. The number of esters is 1. The van der Waals surface area contributed by atoms with E-state index in [0.29, 0.717) is 17.7 Å². The van der Waals surface area contributed by atoms with E-state index >= 15 is 0 Å². The largest absolute Gasteiger partial charge is 0.456 e. The summed E-state index contributed by atoms with van der Waals surface area (Å²) in [5.41, 5.74) is 1.85. The molecule has 1 amide bonds. The number of tetrazole rings is 1. The Hall–Kier alpha value is -3.88. The average Bonchev–Trinajstić information content (AvgIpc) is 3.25. The van der Waals surface area contributed by atoms with Gasteiger partial charge < -0.3 is 10.1 Å². The van der Waals surface area contributed by atoms with Gasteiger partial charge in [0.05, 0.1) is 0 Å². The molecule has 1 atom stereocenters. The molecule has 0 unspecified atom stereocenters. The van der Waals surface area contributed by atoms with E-state index in [1.165, 1.54) is 17.9 Å². The van der Waals surface area contributed by atoms with E-state index in [1.54, 1.807) is 24.3 Å². The van der Waals surface area contributed by atoms with Crippen LogP contribution in [-0.2, 0) is 20.7 Å². The van der Waals surface area contributed by atoms with Gasteiger partial charge in [0.1, 0.15) is 6.33 Å². The Bertz CT molecular complexity index is 972. The van der Waals surface area contributed by atoms with Gasteiger partial charge in [-0.2, -0.15) is 0 Å². The average molecular weight is 393 g/mol. The summed E-state index contributed by atoms with van der Waals surface area (Å²) in [6.07, 6.45) is 1.65. The number of nitrogens with one attached hydrogen (secondary N) is 1. The van der Waals surface area contributed by atoms with Crippen LogP contribution in [0, 0.1) is 0 Å². The quantitative estimate of drug-likeness (QED) is 0.458. The molecule has 3 aromatic rings. The molecule has 0 radical (unpaired) electrons. The molecule has 0 aliphatic rings. The van der Waals surface area contributed by atoms with Crippen LogP contribution in [0.2, 0.25) is 0 Å². The van der Waals surface area contributed by atoms with Crippen LogP contribution in [0.4, 0.5) is 5.69 Å². The monoisotopic (exact) mass is 393 g/mol. The number of hydrogen-bond donors (Lipinski definition) is 1. The van der Waals surface area contributed by atoms with Crippen LogP contribution < -0.4 is 5.32 Å². The van der Waals surface area contributed by atoms with Crippen LogP contribution in [0.25, 0.3) is 0 Å². The molecule has 1 N–H and O–H groups in total. The van der Waals surface area contributed by atoms with E-state index in [9.17, 15) is 14.4 Å². The third kappa shape index (κ3) is 5.55. The first-order valence-electron chi connectivity index (χ1n) is 8.87. The van der Waals surface area contributed by atoms with Crippen molar-refractivity contribution in [2.75, 3.05) is 11.9 Å². The van der Waals surface area contributed by atoms with Crippen molar-refractivity contribution in [3.05, 3.63) is 72.1 Å². The molecule has 0 saturated carbocycles. The third-order valence-corrected chi connectivity index (χ3v) is 4.10. The summed E-state index contributed by atoms with van der Waals surface area (Å²) in [6, 6.07) is 14.9. The molecule has 1 heterocycles. The van der Waals surface area contributed by atoms with Gasteiger partial charge in [-0.1, -0.05) is 30.3 Å². The Balaban J connectivity index is 1.63. The number of rotatable bonds is 8. The van der Waals surface area contributed by atoms with Crippen LogP contribution in [0.3, 0.4) is 0 Å². The minimum Gasteiger partial charge on any atom is -0.456 e. The molecule has 0 aliphatic heterocycles. The van der Waals surface area contributed by atoms with Gasteiger partial charge in [-0.05, 0) is 40.3 Å². The van der Waals surface area contributed by atoms with Gasteiger partial charge in [-0.15, -0.1) is 5.10 Å². The zero-order chi connectivity index (χ0) is 20.6. The normalized spacial score (nSPS) is 11.5. The van der Waals surface area contributed by atoms with Crippen molar-refractivity contribution >= 4 is 23.3 Å². The van der Waals surface area contributed by atoms with Crippen molar-refractivity contribution in [3.63, 3.8) is 0 Å². The fourth-order valence-electron chi connectivity index (χ4n) is 2.69. The molecule has 0 saturated heterocycles. The second-order valence-electron chi connectivity index (χ2n) is 6.28. The van der Waals surface area contributed by atoms with Crippen LogP contribution in [-0.4, -0.2) is 44.5 Å². The van der Waals surface area contributed by atoms with Gasteiger partial charge in [-0.3, -0.25) is 9.59 Å². The summed E-state index contributed by atoms with van der Waals surface area (Å²) < 4.78 is 6.54. The van der Waals surface area contributed by atoms with E-state index in [4.69, 9.17) is 4.74 Å². The van der Waals surface area contributed by atoms with Gasteiger partial charge >= 0.3 is 5.97 Å². The highest BCUT2D eigenvalue weighted by atomic mass is 16.5. The Morgan fingerprint density at radius 1 is 1.07 bits per heavy atom. The molecule has 148 valence electrons. The minimum absolute atomic E-state index is 0.204. The number of benzene rings is 2.